The van der Waals surface area contributed by atoms with Crippen molar-refractivity contribution in [1.29, 1.82) is 0 Å². The molecule has 0 aliphatic heterocycles. The van der Waals surface area contributed by atoms with Crippen molar-refractivity contribution in [2.75, 3.05) is 4.72 Å². The molecule has 2 aromatic rings. The van der Waals surface area contributed by atoms with Crippen molar-refractivity contribution in [3.05, 3.63) is 59.3 Å². The molecule has 0 spiro atoms. The number of sulfonamides is 1. The van der Waals surface area contributed by atoms with E-state index in [-0.39, 0.29) is 10.7 Å². The summed E-state index contributed by atoms with van der Waals surface area (Å²) in [5.41, 5.74) is 7.49. The van der Waals surface area contributed by atoms with Crippen LogP contribution >= 0.6 is 12.2 Å². The third-order valence-electron chi connectivity index (χ3n) is 2.89. The summed E-state index contributed by atoms with van der Waals surface area (Å²) in [6, 6.07) is 10.4. The summed E-state index contributed by atoms with van der Waals surface area (Å²) in [6.07, 6.45) is 1.54. The Labute approximate surface area is 129 Å². The van der Waals surface area contributed by atoms with E-state index in [2.05, 4.69) is 9.71 Å². The van der Waals surface area contributed by atoms with Crippen LogP contribution in [0.25, 0.3) is 0 Å². The highest BCUT2D eigenvalue weighted by molar-refractivity contribution is 7.91. The SMILES string of the molecule is Cc1cccnc1NS(=O)(=O)Cc1ccccc1C(N)=S. The number of pyridine rings is 1. The Hall–Kier alpha value is -1.99. The van der Waals surface area contributed by atoms with Gasteiger partial charge in [0.15, 0.2) is 0 Å². The lowest BCUT2D eigenvalue weighted by Gasteiger charge is -2.11. The number of nitrogens with two attached hydrogens (primary N) is 1. The predicted molar refractivity (Wildman–Crippen MR) is 87.5 cm³/mol. The first-order valence-electron chi connectivity index (χ1n) is 6.19. The van der Waals surface area contributed by atoms with Crippen LogP contribution in [0.2, 0.25) is 0 Å². The Kier molecular flexibility index (Phi) is 4.54. The quantitative estimate of drug-likeness (QED) is 0.822. The fourth-order valence-electron chi connectivity index (χ4n) is 1.87. The molecule has 0 atom stereocenters. The van der Waals surface area contributed by atoms with Gasteiger partial charge in [0, 0.05) is 11.8 Å². The van der Waals surface area contributed by atoms with E-state index in [1.807, 2.05) is 0 Å². The largest absolute Gasteiger partial charge is 0.389 e. The van der Waals surface area contributed by atoms with Gasteiger partial charge in [0.05, 0.1) is 5.75 Å². The number of nitrogens with one attached hydrogen (secondary N) is 1. The third kappa shape index (κ3) is 3.99. The zero-order valence-corrected chi connectivity index (χ0v) is 13.0. The molecule has 0 fully saturated rings. The number of aromatic nitrogens is 1. The average molecular weight is 321 g/mol. The summed E-state index contributed by atoms with van der Waals surface area (Å²) >= 11 is 4.94. The molecule has 0 radical (unpaired) electrons. The van der Waals surface area contributed by atoms with Crippen LogP contribution < -0.4 is 10.5 Å². The Morgan fingerprint density at radius 1 is 1.29 bits per heavy atom. The number of benzene rings is 1. The monoisotopic (exact) mass is 321 g/mol. The summed E-state index contributed by atoms with van der Waals surface area (Å²) in [6.45, 7) is 1.79. The minimum absolute atomic E-state index is 0.176. The molecule has 21 heavy (non-hydrogen) atoms. The van der Waals surface area contributed by atoms with Crippen LogP contribution in [0.3, 0.4) is 0 Å². The Balaban J connectivity index is 2.27. The molecular formula is C14H15N3O2S2. The van der Waals surface area contributed by atoms with Crippen LogP contribution in [-0.2, 0) is 15.8 Å². The van der Waals surface area contributed by atoms with Gasteiger partial charge in [-0.1, -0.05) is 42.5 Å². The topological polar surface area (TPSA) is 85.1 Å². The smallest absolute Gasteiger partial charge is 0.238 e. The lowest BCUT2D eigenvalue weighted by atomic mass is 10.1. The summed E-state index contributed by atoms with van der Waals surface area (Å²) in [5.74, 6) is 0.113. The predicted octanol–water partition coefficient (Wildman–Crippen LogP) is 1.97. The van der Waals surface area contributed by atoms with E-state index >= 15 is 0 Å². The minimum Gasteiger partial charge on any atom is -0.389 e. The number of nitrogens with zero attached hydrogens (tertiary/aromatic N) is 1. The molecule has 0 aliphatic carbocycles. The van der Waals surface area contributed by atoms with Gasteiger partial charge in [-0.25, -0.2) is 13.4 Å². The number of hydrogen-bond donors (Lipinski definition) is 2. The van der Waals surface area contributed by atoms with E-state index in [0.717, 1.165) is 5.56 Å². The van der Waals surface area contributed by atoms with E-state index in [1.165, 1.54) is 6.20 Å². The molecule has 5 nitrogen and oxygen atoms in total. The van der Waals surface area contributed by atoms with Gasteiger partial charge in [0.2, 0.25) is 10.0 Å². The highest BCUT2D eigenvalue weighted by Gasteiger charge is 2.16. The van der Waals surface area contributed by atoms with Crippen LogP contribution in [0.15, 0.2) is 42.6 Å². The second kappa shape index (κ2) is 6.19. The molecule has 1 aromatic heterocycles. The maximum Gasteiger partial charge on any atom is 0.238 e. The van der Waals surface area contributed by atoms with Crippen LogP contribution in [-0.4, -0.2) is 18.4 Å². The normalized spacial score (nSPS) is 11.1. The molecule has 0 bridgehead atoms. The number of anilines is 1. The molecular weight excluding hydrogens is 306 g/mol. The van der Waals surface area contributed by atoms with E-state index in [9.17, 15) is 8.42 Å². The first-order chi connectivity index (χ1) is 9.89. The van der Waals surface area contributed by atoms with Crippen molar-refractivity contribution >= 4 is 33.0 Å². The van der Waals surface area contributed by atoms with Crippen molar-refractivity contribution in [2.24, 2.45) is 5.73 Å². The van der Waals surface area contributed by atoms with Crippen LogP contribution in [0.5, 0.6) is 0 Å². The van der Waals surface area contributed by atoms with Crippen molar-refractivity contribution in [1.82, 2.24) is 4.98 Å². The Bertz CT molecular complexity index is 773. The Morgan fingerprint density at radius 3 is 2.67 bits per heavy atom. The number of aryl methyl sites for hydroxylation is 1. The Morgan fingerprint density at radius 2 is 2.00 bits per heavy atom. The van der Waals surface area contributed by atoms with Gasteiger partial charge in [-0.05, 0) is 24.1 Å². The summed E-state index contributed by atoms with van der Waals surface area (Å²) in [5, 5.41) is 0. The number of thiocarbonyl (C=S) groups is 1. The van der Waals surface area contributed by atoms with E-state index < -0.39 is 10.0 Å². The maximum absolute atomic E-state index is 12.3. The summed E-state index contributed by atoms with van der Waals surface area (Å²) in [4.78, 5) is 4.20. The molecule has 1 aromatic carbocycles. The molecule has 110 valence electrons. The van der Waals surface area contributed by atoms with E-state index in [0.29, 0.717) is 16.9 Å². The van der Waals surface area contributed by atoms with Gasteiger partial charge in [-0.3, -0.25) is 4.72 Å². The molecule has 1 heterocycles. The average Bonchev–Trinajstić information content (AvgIpc) is 2.41. The molecule has 0 unspecified atom stereocenters. The zero-order valence-electron chi connectivity index (χ0n) is 11.4. The van der Waals surface area contributed by atoms with E-state index in [4.69, 9.17) is 18.0 Å². The van der Waals surface area contributed by atoms with Crippen molar-refractivity contribution in [3.8, 4) is 0 Å². The van der Waals surface area contributed by atoms with Crippen LogP contribution in [0, 0.1) is 6.92 Å². The standard InChI is InChI=1S/C14H15N3O2S2/c1-10-5-4-8-16-14(10)17-21(18,19)9-11-6-2-3-7-12(11)13(15)20/h2-8H,9H2,1H3,(H2,15,20)(H,16,17). The van der Waals surface area contributed by atoms with Crippen molar-refractivity contribution in [2.45, 2.75) is 12.7 Å². The highest BCUT2D eigenvalue weighted by Crippen LogP contribution is 2.16. The molecule has 3 N–H and O–H groups in total. The van der Waals surface area contributed by atoms with Crippen LogP contribution in [0.4, 0.5) is 5.82 Å². The van der Waals surface area contributed by atoms with Gasteiger partial charge in [-0.15, -0.1) is 0 Å². The molecule has 0 aliphatic rings. The summed E-state index contributed by atoms with van der Waals surface area (Å²) in [7, 11) is -3.59. The maximum atomic E-state index is 12.3. The van der Waals surface area contributed by atoms with Gasteiger partial charge in [-0.2, -0.15) is 0 Å². The van der Waals surface area contributed by atoms with Gasteiger partial charge < -0.3 is 5.73 Å². The fraction of sp³-hybridized carbons (Fsp3) is 0.143. The van der Waals surface area contributed by atoms with Crippen LogP contribution in [0.1, 0.15) is 16.7 Å². The lowest BCUT2D eigenvalue weighted by Crippen LogP contribution is -2.19. The lowest BCUT2D eigenvalue weighted by molar-refractivity contribution is 0.600. The summed E-state index contributed by atoms with van der Waals surface area (Å²) < 4.78 is 27.0. The van der Waals surface area contributed by atoms with Gasteiger partial charge >= 0.3 is 0 Å². The van der Waals surface area contributed by atoms with Crippen molar-refractivity contribution in [3.63, 3.8) is 0 Å². The molecule has 0 saturated carbocycles. The molecule has 7 heteroatoms. The molecule has 0 saturated heterocycles. The van der Waals surface area contributed by atoms with E-state index in [1.54, 1.807) is 43.3 Å². The second-order valence-corrected chi connectivity index (χ2v) is 6.71. The zero-order chi connectivity index (χ0) is 15.5. The third-order valence-corrected chi connectivity index (χ3v) is 4.31. The second-order valence-electron chi connectivity index (χ2n) is 4.55. The van der Waals surface area contributed by atoms with Gasteiger partial charge in [0.25, 0.3) is 0 Å². The highest BCUT2D eigenvalue weighted by atomic mass is 32.2. The molecule has 2 rings (SSSR count). The fourth-order valence-corrected chi connectivity index (χ4v) is 3.31. The van der Waals surface area contributed by atoms with Gasteiger partial charge in [0.1, 0.15) is 10.8 Å². The first kappa shape index (κ1) is 15.4. The first-order valence-corrected chi connectivity index (χ1v) is 8.25. The molecule has 0 amide bonds. The van der Waals surface area contributed by atoms with Crippen molar-refractivity contribution < 1.29 is 8.42 Å². The number of hydrogen-bond acceptors (Lipinski definition) is 4. The minimum atomic E-state index is -3.59. The number of rotatable bonds is 5.